The van der Waals surface area contributed by atoms with Crippen LogP contribution in [0.2, 0.25) is 0 Å². The second-order valence-electron chi connectivity index (χ2n) is 4.37. The first-order valence-corrected chi connectivity index (χ1v) is 4.81. The number of hydrogen-bond acceptors (Lipinski definition) is 2. The van der Waals surface area contributed by atoms with Crippen molar-refractivity contribution in [1.29, 1.82) is 0 Å². The molecule has 1 saturated heterocycles. The van der Waals surface area contributed by atoms with Gasteiger partial charge in [-0.3, -0.25) is 0 Å². The van der Waals surface area contributed by atoms with Crippen LogP contribution in [-0.4, -0.2) is 18.0 Å². The van der Waals surface area contributed by atoms with Crippen LogP contribution in [0.1, 0.15) is 33.1 Å². The molecule has 0 aromatic rings. The second kappa shape index (κ2) is 2.56. The highest BCUT2D eigenvalue weighted by Crippen LogP contribution is 2.52. The number of carbonyl (C=O) groups excluding carboxylic acids is 1. The average molecular weight is 168 g/mol. The lowest BCUT2D eigenvalue weighted by molar-refractivity contribution is -0.162. The van der Waals surface area contributed by atoms with Crippen LogP contribution in [0.3, 0.4) is 0 Å². The van der Waals surface area contributed by atoms with Crippen LogP contribution in [0, 0.1) is 11.8 Å². The van der Waals surface area contributed by atoms with Crippen molar-refractivity contribution in [3.05, 3.63) is 0 Å². The Labute approximate surface area is 73.3 Å². The minimum absolute atomic E-state index is 0.0883. The molecule has 1 spiro atoms. The molecule has 2 fully saturated rings. The molecule has 0 N–H and O–H groups in total. The highest BCUT2D eigenvalue weighted by Gasteiger charge is 2.54. The van der Waals surface area contributed by atoms with E-state index >= 15 is 0 Å². The summed E-state index contributed by atoms with van der Waals surface area (Å²) in [7, 11) is 0. The Bertz CT molecular complexity index is 202. The lowest BCUT2D eigenvalue weighted by Crippen LogP contribution is -2.51. The fraction of sp³-hybridized carbons (Fsp3) is 0.900. The van der Waals surface area contributed by atoms with Crippen LogP contribution in [0.4, 0.5) is 0 Å². The molecule has 68 valence electrons. The molecule has 4 unspecified atom stereocenters. The first-order valence-electron chi connectivity index (χ1n) is 4.81. The maximum absolute atomic E-state index is 10.5. The molecule has 1 heterocycles. The highest BCUT2D eigenvalue weighted by atomic mass is 16.5. The van der Waals surface area contributed by atoms with Gasteiger partial charge in [-0.05, 0) is 31.1 Å². The van der Waals surface area contributed by atoms with Crippen molar-refractivity contribution in [2.45, 2.75) is 44.8 Å². The SMILES string of the molecule is CC1CC2(CCC(C=O)O2)C1C. The Morgan fingerprint density at radius 1 is 1.50 bits per heavy atom. The number of hydrogen-bond donors (Lipinski definition) is 0. The minimum Gasteiger partial charge on any atom is -0.364 e. The molecule has 0 radical (unpaired) electrons. The fourth-order valence-corrected chi connectivity index (χ4v) is 2.65. The van der Waals surface area contributed by atoms with Gasteiger partial charge < -0.3 is 9.53 Å². The van der Waals surface area contributed by atoms with Crippen LogP contribution in [0.15, 0.2) is 0 Å². The molecule has 0 bridgehead atoms. The van der Waals surface area contributed by atoms with Crippen molar-refractivity contribution < 1.29 is 9.53 Å². The minimum atomic E-state index is -0.111. The van der Waals surface area contributed by atoms with Crippen LogP contribution >= 0.6 is 0 Å². The Morgan fingerprint density at radius 2 is 2.25 bits per heavy atom. The summed E-state index contributed by atoms with van der Waals surface area (Å²) in [6.07, 6.45) is 4.01. The molecule has 1 aliphatic carbocycles. The molecular weight excluding hydrogens is 152 g/mol. The van der Waals surface area contributed by atoms with Crippen molar-refractivity contribution in [3.8, 4) is 0 Å². The Hall–Kier alpha value is -0.370. The van der Waals surface area contributed by atoms with E-state index in [2.05, 4.69) is 13.8 Å². The third kappa shape index (κ3) is 0.939. The van der Waals surface area contributed by atoms with Crippen molar-refractivity contribution in [2.24, 2.45) is 11.8 Å². The molecule has 12 heavy (non-hydrogen) atoms. The Kier molecular flexibility index (Phi) is 1.76. The molecule has 0 amide bonds. The molecule has 0 aromatic carbocycles. The maximum atomic E-state index is 10.5. The number of ether oxygens (including phenoxy) is 1. The first-order chi connectivity index (χ1) is 5.68. The van der Waals surface area contributed by atoms with Gasteiger partial charge in [0.25, 0.3) is 0 Å². The zero-order chi connectivity index (χ0) is 8.77. The van der Waals surface area contributed by atoms with E-state index in [-0.39, 0.29) is 11.7 Å². The van der Waals surface area contributed by atoms with Gasteiger partial charge in [-0.25, -0.2) is 0 Å². The number of rotatable bonds is 1. The molecule has 1 saturated carbocycles. The molecule has 2 heteroatoms. The quantitative estimate of drug-likeness (QED) is 0.558. The smallest absolute Gasteiger partial charge is 0.148 e. The summed E-state index contributed by atoms with van der Waals surface area (Å²) < 4.78 is 5.75. The number of carbonyl (C=O) groups is 1. The standard InChI is InChI=1S/C10H16O2/c1-7-5-10(8(7)2)4-3-9(6-11)12-10/h6-9H,3-5H2,1-2H3. The average Bonchev–Trinajstić information content (AvgIpc) is 2.51. The summed E-state index contributed by atoms with van der Waals surface area (Å²) >= 11 is 0. The van der Waals surface area contributed by atoms with Crippen LogP contribution in [-0.2, 0) is 9.53 Å². The third-order valence-electron chi connectivity index (χ3n) is 3.74. The van der Waals surface area contributed by atoms with Gasteiger partial charge in [0.1, 0.15) is 12.4 Å². The van der Waals surface area contributed by atoms with Crippen molar-refractivity contribution in [2.75, 3.05) is 0 Å². The topological polar surface area (TPSA) is 26.3 Å². The monoisotopic (exact) mass is 168 g/mol. The number of aldehydes is 1. The van der Waals surface area contributed by atoms with Gasteiger partial charge in [-0.1, -0.05) is 13.8 Å². The molecule has 2 rings (SSSR count). The summed E-state index contributed by atoms with van der Waals surface area (Å²) in [5, 5.41) is 0. The lowest BCUT2D eigenvalue weighted by Gasteiger charge is -2.50. The van der Waals surface area contributed by atoms with Gasteiger partial charge in [0.15, 0.2) is 0 Å². The summed E-state index contributed by atoms with van der Waals surface area (Å²) in [5.74, 6) is 1.41. The van der Waals surface area contributed by atoms with Crippen molar-refractivity contribution in [3.63, 3.8) is 0 Å². The molecule has 2 aliphatic rings. The summed E-state index contributed by atoms with van der Waals surface area (Å²) in [4.78, 5) is 10.5. The van der Waals surface area contributed by atoms with E-state index in [4.69, 9.17) is 4.74 Å². The highest BCUT2D eigenvalue weighted by molar-refractivity contribution is 5.56. The maximum Gasteiger partial charge on any atom is 0.148 e. The van der Waals surface area contributed by atoms with E-state index < -0.39 is 0 Å². The van der Waals surface area contributed by atoms with Gasteiger partial charge >= 0.3 is 0 Å². The van der Waals surface area contributed by atoms with E-state index in [0.29, 0.717) is 5.92 Å². The van der Waals surface area contributed by atoms with Crippen LogP contribution in [0.5, 0.6) is 0 Å². The summed E-state index contributed by atoms with van der Waals surface area (Å²) in [6.45, 7) is 4.49. The molecule has 2 nitrogen and oxygen atoms in total. The van der Waals surface area contributed by atoms with Crippen molar-refractivity contribution in [1.82, 2.24) is 0 Å². The zero-order valence-electron chi connectivity index (χ0n) is 7.75. The molecular formula is C10H16O2. The zero-order valence-corrected chi connectivity index (χ0v) is 7.75. The normalized spacial score (nSPS) is 52.3. The van der Waals surface area contributed by atoms with Crippen LogP contribution in [0.25, 0.3) is 0 Å². The van der Waals surface area contributed by atoms with E-state index in [1.807, 2.05) is 0 Å². The second-order valence-corrected chi connectivity index (χ2v) is 4.37. The van der Waals surface area contributed by atoms with E-state index in [0.717, 1.165) is 31.5 Å². The van der Waals surface area contributed by atoms with Gasteiger partial charge in [0.2, 0.25) is 0 Å². The molecule has 4 atom stereocenters. The summed E-state index contributed by atoms with van der Waals surface area (Å²) in [5.41, 5.74) is 0.0883. The lowest BCUT2D eigenvalue weighted by atomic mass is 9.62. The van der Waals surface area contributed by atoms with Crippen LogP contribution < -0.4 is 0 Å². The molecule has 1 aliphatic heterocycles. The van der Waals surface area contributed by atoms with Gasteiger partial charge in [-0.2, -0.15) is 0 Å². The largest absolute Gasteiger partial charge is 0.364 e. The predicted molar refractivity (Wildman–Crippen MR) is 45.8 cm³/mol. The van der Waals surface area contributed by atoms with Gasteiger partial charge in [-0.15, -0.1) is 0 Å². The molecule has 0 aromatic heterocycles. The summed E-state index contributed by atoms with van der Waals surface area (Å²) in [6, 6.07) is 0. The van der Waals surface area contributed by atoms with Gasteiger partial charge in [0.05, 0.1) is 5.60 Å². The Balaban J connectivity index is 2.02. The van der Waals surface area contributed by atoms with Crippen molar-refractivity contribution >= 4 is 6.29 Å². The third-order valence-corrected chi connectivity index (χ3v) is 3.74. The predicted octanol–water partition coefficient (Wildman–Crippen LogP) is 1.78. The van der Waals surface area contributed by atoms with E-state index in [9.17, 15) is 4.79 Å². The van der Waals surface area contributed by atoms with E-state index in [1.54, 1.807) is 0 Å². The van der Waals surface area contributed by atoms with E-state index in [1.165, 1.54) is 0 Å². The Morgan fingerprint density at radius 3 is 2.67 bits per heavy atom. The first kappa shape index (κ1) is 8.24. The fourth-order valence-electron chi connectivity index (χ4n) is 2.65. The van der Waals surface area contributed by atoms with Gasteiger partial charge in [0, 0.05) is 0 Å².